The Kier molecular flexibility index (Phi) is 4.24. The Labute approximate surface area is 123 Å². The fourth-order valence-electron chi connectivity index (χ4n) is 1.75. The van der Waals surface area contributed by atoms with E-state index in [1.165, 1.54) is 6.07 Å². The molecule has 0 spiro atoms. The van der Waals surface area contributed by atoms with E-state index in [-0.39, 0.29) is 16.9 Å². The normalized spacial score (nSPS) is 10.3. The third-order valence-corrected chi connectivity index (χ3v) is 3.23. The molecule has 4 N–H and O–H groups in total. The monoisotopic (exact) mass is 338 g/mol. The zero-order valence-corrected chi connectivity index (χ0v) is 11.9. The Hall–Kier alpha value is -2.08. The summed E-state index contributed by atoms with van der Waals surface area (Å²) in [4.78, 5) is 11.0. The second kappa shape index (κ2) is 5.92. The second-order valence-corrected chi connectivity index (χ2v) is 5.12. The van der Waals surface area contributed by atoms with Crippen LogP contribution in [0, 0.1) is 5.82 Å². The lowest BCUT2D eigenvalue weighted by Crippen LogP contribution is -2.07. The molecule has 20 heavy (non-hydrogen) atoms. The molecule has 6 heteroatoms. The van der Waals surface area contributed by atoms with Crippen LogP contribution in [0.5, 0.6) is 0 Å². The molecule has 0 saturated heterocycles. The van der Waals surface area contributed by atoms with E-state index in [1.54, 1.807) is 0 Å². The number of aromatic carboxylic acids is 1. The lowest BCUT2D eigenvalue weighted by Gasteiger charge is -2.10. The number of nitrogens with one attached hydrogen (secondary N) is 1. The van der Waals surface area contributed by atoms with E-state index in [0.29, 0.717) is 6.54 Å². The number of nitrogens with two attached hydrogens (primary N) is 1. The Bertz CT molecular complexity index is 662. The number of hydrogen-bond acceptors (Lipinski definition) is 3. The highest BCUT2D eigenvalue weighted by Crippen LogP contribution is 2.23. The second-order valence-electron chi connectivity index (χ2n) is 4.21. The Morgan fingerprint density at radius 2 is 2.10 bits per heavy atom. The molecule has 0 aliphatic rings. The fourth-order valence-corrected chi connectivity index (χ4v) is 2.20. The average molecular weight is 339 g/mol. The minimum absolute atomic E-state index is 0.0944. The van der Waals surface area contributed by atoms with Gasteiger partial charge in [0.1, 0.15) is 5.82 Å². The first-order chi connectivity index (χ1) is 9.47. The first kappa shape index (κ1) is 14.3. The van der Waals surface area contributed by atoms with Gasteiger partial charge in [0.25, 0.3) is 0 Å². The van der Waals surface area contributed by atoms with Crippen LogP contribution in [-0.2, 0) is 6.54 Å². The molecule has 0 saturated carbocycles. The first-order valence-corrected chi connectivity index (χ1v) is 6.57. The standard InChI is InChI=1S/C14H12BrFN2O2/c15-9-3-1-2-8(4-9)7-18-13-5-10(14(19)20)12(17)6-11(13)16/h1-6,18H,7,17H2,(H,19,20). The van der Waals surface area contributed by atoms with Crippen molar-refractivity contribution in [3.05, 3.63) is 57.8 Å². The number of halogens is 2. The molecule has 0 amide bonds. The van der Waals surface area contributed by atoms with Gasteiger partial charge in [-0.2, -0.15) is 0 Å². The van der Waals surface area contributed by atoms with Crippen molar-refractivity contribution in [2.75, 3.05) is 11.1 Å². The maximum atomic E-state index is 13.7. The summed E-state index contributed by atoms with van der Waals surface area (Å²) in [5.74, 6) is -1.77. The number of carbonyl (C=O) groups is 1. The van der Waals surface area contributed by atoms with Crippen molar-refractivity contribution in [1.82, 2.24) is 0 Å². The van der Waals surface area contributed by atoms with E-state index in [4.69, 9.17) is 10.8 Å². The predicted octanol–water partition coefficient (Wildman–Crippen LogP) is 3.48. The number of benzene rings is 2. The molecule has 2 aromatic carbocycles. The molecule has 4 nitrogen and oxygen atoms in total. The molecule has 0 atom stereocenters. The summed E-state index contributed by atoms with van der Waals surface area (Å²) in [6.45, 7) is 0.374. The van der Waals surface area contributed by atoms with Gasteiger partial charge in [0, 0.05) is 16.7 Å². The van der Waals surface area contributed by atoms with Gasteiger partial charge >= 0.3 is 5.97 Å². The molecule has 0 radical (unpaired) electrons. The molecule has 0 unspecified atom stereocenters. The van der Waals surface area contributed by atoms with Gasteiger partial charge in [-0.15, -0.1) is 0 Å². The quantitative estimate of drug-likeness (QED) is 0.746. The molecule has 0 bridgehead atoms. The van der Waals surface area contributed by atoms with Crippen LogP contribution in [0.2, 0.25) is 0 Å². The van der Waals surface area contributed by atoms with Crippen LogP contribution in [0.4, 0.5) is 15.8 Å². The van der Waals surface area contributed by atoms with Gasteiger partial charge in [0.2, 0.25) is 0 Å². The molecule has 0 aliphatic heterocycles. The van der Waals surface area contributed by atoms with Crippen LogP contribution in [0.1, 0.15) is 15.9 Å². The molecular weight excluding hydrogens is 327 g/mol. The molecule has 0 fully saturated rings. The summed E-state index contributed by atoms with van der Waals surface area (Å²) in [5.41, 5.74) is 6.29. The van der Waals surface area contributed by atoms with Gasteiger partial charge in [0.15, 0.2) is 0 Å². The number of carboxylic acids is 1. The number of hydrogen-bond donors (Lipinski definition) is 3. The number of carboxylic acid groups (broad SMARTS) is 1. The summed E-state index contributed by atoms with van der Waals surface area (Å²) < 4.78 is 14.6. The SMILES string of the molecule is Nc1cc(F)c(NCc2cccc(Br)c2)cc1C(=O)O. The van der Waals surface area contributed by atoms with Crippen LogP contribution in [0.3, 0.4) is 0 Å². The predicted molar refractivity (Wildman–Crippen MR) is 79.2 cm³/mol. The van der Waals surface area contributed by atoms with Gasteiger partial charge < -0.3 is 16.2 Å². The molecule has 0 heterocycles. The smallest absolute Gasteiger partial charge is 0.337 e. The number of rotatable bonds is 4. The van der Waals surface area contributed by atoms with Crippen molar-refractivity contribution >= 4 is 33.3 Å². The van der Waals surface area contributed by atoms with Crippen LogP contribution < -0.4 is 11.1 Å². The van der Waals surface area contributed by atoms with Crippen LogP contribution in [0.15, 0.2) is 40.9 Å². The zero-order chi connectivity index (χ0) is 14.7. The Morgan fingerprint density at radius 3 is 2.75 bits per heavy atom. The maximum absolute atomic E-state index is 13.7. The summed E-state index contributed by atoms with van der Waals surface area (Å²) in [5, 5.41) is 11.8. The van der Waals surface area contributed by atoms with E-state index in [2.05, 4.69) is 21.2 Å². The number of nitrogen functional groups attached to an aromatic ring is 1. The van der Waals surface area contributed by atoms with E-state index in [0.717, 1.165) is 16.1 Å². The molecule has 2 rings (SSSR count). The van der Waals surface area contributed by atoms with Gasteiger partial charge in [0.05, 0.1) is 11.3 Å². The number of anilines is 2. The van der Waals surface area contributed by atoms with E-state index in [1.807, 2.05) is 24.3 Å². The highest BCUT2D eigenvalue weighted by molar-refractivity contribution is 9.10. The topological polar surface area (TPSA) is 75.3 Å². The Morgan fingerprint density at radius 1 is 1.35 bits per heavy atom. The van der Waals surface area contributed by atoms with Crippen molar-refractivity contribution in [3.8, 4) is 0 Å². The molecular formula is C14H12BrFN2O2. The van der Waals surface area contributed by atoms with E-state index in [9.17, 15) is 9.18 Å². The van der Waals surface area contributed by atoms with Crippen molar-refractivity contribution in [2.45, 2.75) is 6.54 Å². The maximum Gasteiger partial charge on any atom is 0.337 e. The highest BCUT2D eigenvalue weighted by Gasteiger charge is 2.13. The van der Waals surface area contributed by atoms with Crippen LogP contribution >= 0.6 is 15.9 Å². The van der Waals surface area contributed by atoms with Gasteiger partial charge in [-0.05, 0) is 29.8 Å². The van der Waals surface area contributed by atoms with Gasteiger partial charge in [-0.25, -0.2) is 9.18 Å². The van der Waals surface area contributed by atoms with Crippen LogP contribution in [0.25, 0.3) is 0 Å². The minimum Gasteiger partial charge on any atom is -0.478 e. The summed E-state index contributed by atoms with van der Waals surface area (Å²) >= 11 is 3.35. The van der Waals surface area contributed by atoms with Gasteiger partial charge in [-0.1, -0.05) is 28.1 Å². The van der Waals surface area contributed by atoms with Gasteiger partial charge in [-0.3, -0.25) is 0 Å². The van der Waals surface area contributed by atoms with E-state index >= 15 is 0 Å². The van der Waals surface area contributed by atoms with Crippen molar-refractivity contribution < 1.29 is 14.3 Å². The molecule has 2 aromatic rings. The largest absolute Gasteiger partial charge is 0.478 e. The Balaban J connectivity index is 2.21. The lowest BCUT2D eigenvalue weighted by atomic mass is 10.1. The zero-order valence-electron chi connectivity index (χ0n) is 10.4. The molecule has 0 aliphatic carbocycles. The van der Waals surface area contributed by atoms with Crippen molar-refractivity contribution in [2.24, 2.45) is 0 Å². The van der Waals surface area contributed by atoms with Crippen LogP contribution in [-0.4, -0.2) is 11.1 Å². The third kappa shape index (κ3) is 3.27. The summed E-state index contributed by atoms with van der Waals surface area (Å²) in [6.07, 6.45) is 0. The summed E-state index contributed by atoms with van der Waals surface area (Å²) in [7, 11) is 0. The van der Waals surface area contributed by atoms with Crippen molar-refractivity contribution in [3.63, 3.8) is 0 Å². The lowest BCUT2D eigenvalue weighted by molar-refractivity contribution is 0.0698. The first-order valence-electron chi connectivity index (χ1n) is 5.78. The summed E-state index contributed by atoms with van der Waals surface area (Å²) in [6, 6.07) is 9.72. The average Bonchev–Trinajstić information content (AvgIpc) is 2.37. The van der Waals surface area contributed by atoms with Crippen molar-refractivity contribution in [1.29, 1.82) is 0 Å². The minimum atomic E-state index is -1.19. The molecule has 0 aromatic heterocycles. The third-order valence-electron chi connectivity index (χ3n) is 2.74. The highest BCUT2D eigenvalue weighted by atomic mass is 79.9. The molecule has 104 valence electrons. The van der Waals surface area contributed by atoms with E-state index < -0.39 is 11.8 Å². The fraction of sp³-hybridized carbons (Fsp3) is 0.0714.